The molecule has 4 fully saturated rings. The van der Waals surface area contributed by atoms with Crippen molar-refractivity contribution in [1.82, 2.24) is 0 Å². The van der Waals surface area contributed by atoms with Gasteiger partial charge in [-0.2, -0.15) is 0 Å². The van der Waals surface area contributed by atoms with Gasteiger partial charge in [-0.05, 0) is 32.6 Å². The monoisotopic (exact) mass is 510 g/mol. The minimum Gasteiger partial charge on any atom is -0.481 e. The van der Waals surface area contributed by atoms with Crippen molar-refractivity contribution in [1.29, 1.82) is 0 Å². The Morgan fingerprint density at radius 3 is 2.28 bits per heavy atom. The minimum absolute atomic E-state index is 0.144. The van der Waals surface area contributed by atoms with Gasteiger partial charge in [-0.1, -0.05) is 12.5 Å². The molecule has 4 N–H and O–H groups in total. The minimum atomic E-state index is -2.54. The maximum absolute atomic E-state index is 13.2. The summed E-state index contributed by atoms with van der Waals surface area (Å²) in [4.78, 5) is 63.0. The van der Waals surface area contributed by atoms with Crippen molar-refractivity contribution in [2.75, 3.05) is 6.61 Å². The highest BCUT2D eigenvalue weighted by atomic mass is 16.6. The molecule has 2 aliphatic carbocycles. The molecule has 0 amide bonds. The fraction of sp³-hybridized carbons (Fsp3) is 0.708. The second kappa shape index (κ2) is 8.35. The summed E-state index contributed by atoms with van der Waals surface area (Å²) >= 11 is 0. The van der Waals surface area contributed by atoms with Gasteiger partial charge in [0.05, 0.1) is 25.0 Å². The number of rotatable bonds is 6. The molecule has 2 bridgehead atoms. The lowest BCUT2D eigenvalue weighted by Crippen LogP contribution is -2.79. The second-order valence-electron chi connectivity index (χ2n) is 10.9. The SMILES string of the molecule is CC(=O)C1CC2OC(=O)C(OC(=O)C=C(C)C)C3C4(C(=O)O)OCC23C(C(O)C4O)C1(C)CC(=O)O. The van der Waals surface area contributed by atoms with Crippen LogP contribution in [0.5, 0.6) is 0 Å². The van der Waals surface area contributed by atoms with Crippen LogP contribution < -0.4 is 0 Å². The van der Waals surface area contributed by atoms with E-state index in [0.717, 1.165) is 6.08 Å². The Kier molecular flexibility index (Phi) is 6.09. The van der Waals surface area contributed by atoms with Gasteiger partial charge in [0, 0.05) is 23.3 Å². The number of allylic oxidation sites excluding steroid dienone is 1. The van der Waals surface area contributed by atoms with E-state index < -0.39 is 101 Å². The number of hydrogen-bond donors (Lipinski definition) is 4. The van der Waals surface area contributed by atoms with E-state index in [1.165, 1.54) is 13.8 Å². The fourth-order valence-electron chi connectivity index (χ4n) is 7.58. The van der Waals surface area contributed by atoms with Gasteiger partial charge >= 0.3 is 23.9 Å². The van der Waals surface area contributed by atoms with Gasteiger partial charge in [0.15, 0.2) is 0 Å². The highest BCUT2D eigenvalue weighted by Crippen LogP contribution is 2.71. The predicted octanol–water partition coefficient (Wildman–Crippen LogP) is -0.312. The number of ether oxygens (including phenoxy) is 3. The molecule has 1 spiro atoms. The first-order valence-corrected chi connectivity index (χ1v) is 11.7. The van der Waals surface area contributed by atoms with Gasteiger partial charge in [-0.25, -0.2) is 14.4 Å². The molecule has 12 nitrogen and oxygen atoms in total. The van der Waals surface area contributed by atoms with E-state index in [1.807, 2.05) is 0 Å². The van der Waals surface area contributed by atoms with Gasteiger partial charge in [-0.15, -0.1) is 0 Å². The zero-order chi connectivity index (χ0) is 27.0. The molecular weight excluding hydrogens is 480 g/mol. The standard InChI is InChI=1S/C24H30O12/c1-9(2)5-14(28)36-16-18-23-8-34-24(18,21(32)33)19(30)15(29)17(23)22(4,7-13(26)27)11(10(3)25)6-12(23)35-20(16)31/h5,11-12,15-19,29-30H,6-8H2,1-4H3,(H,26,27)(H,32,33). The molecule has 10 unspecified atom stereocenters. The first-order valence-electron chi connectivity index (χ1n) is 11.7. The van der Waals surface area contributed by atoms with Gasteiger partial charge in [0.25, 0.3) is 0 Å². The maximum Gasteiger partial charge on any atom is 0.348 e. The maximum atomic E-state index is 13.2. The molecule has 4 aliphatic rings. The van der Waals surface area contributed by atoms with E-state index in [0.29, 0.717) is 5.57 Å². The third kappa shape index (κ3) is 3.27. The Hall–Kier alpha value is -2.83. The van der Waals surface area contributed by atoms with Gasteiger partial charge in [0.1, 0.15) is 18.0 Å². The molecule has 0 aromatic heterocycles. The lowest BCUT2D eigenvalue weighted by Gasteiger charge is -2.65. The number of ketones is 1. The molecule has 10 atom stereocenters. The summed E-state index contributed by atoms with van der Waals surface area (Å²) in [5.41, 5.74) is -5.04. The number of Topliss-reactive ketones (excluding diaryl/α,β-unsaturated/α-hetero) is 1. The van der Waals surface area contributed by atoms with Crippen molar-refractivity contribution in [2.24, 2.45) is 28.6 Å². The summed E-state index contributed by atoms with van der Waals surface area (Å²) in [6, 6.07) is 0. The summed E-state index contributed by atoms with van der Waals surface area (Å²) < 4.78 is 16.8. The average molecular weight is 510 g/mol. The van der Waals surface area contributed by atoms with Crippen molar-refractivity contribution in [3.8, 4) is 0 Å². The highest BCUT2D eigenvalue weighted by Gasteiger charge is 2.84. The number of carbonyl (C=O) groups is 5. The second-order valence-corrected chi connectivity index (χ2v) is 10.9. The number of aliphatic carboxylic acids is 2. The van der Waals surface area contributed by atoms with Gasteiger partial charge < -0.3 is 34.6 Å². The van der Waals surface area contributed by atoms with Crippen LogP contribution in [-0.4, -0.2) is 86.7 Å². The number of carboxylic acids is 2. The lowest BCUT2D eigenvalue weighted by molar-refractivity contribution is -0.289. The van der Waals surface area contributed by atoms with E-state index in [2.05, 4.69) is 0 Å². The van der Waals surface area contributed by atoms with Crippen LogP contribution in [0.25, 0.3) is 0 Å². The van der Waals surface area contributed by atoms with Crippen molar-refractivity contribution in [2.45, 2.75) is 70.6 Å². The van der Waals surface area contributed by atoms with Crippen LogP contribution in [0.1, 0.15) is 40.5 Å². The smallest absolute Gasteiger partial charge is 0.348 e. The number of aliphatic hydroxyl groups is 2. The lowest BCUT2D eigenvalue weighted by atomic mass is 9.39. The highest BCUT2D eigenvalue weighted by molar-refractivity contribution is 5.89. The van der Waals surface area contributed by atoms with Crippen molar-refractivity contribution >= 4 is 29.7 Å². The molecule has 0 aromatic rings. The molecule has 2 aliphatic heterocycles. The fourth-order valence-corrected chi connectivity index (χ4v) is 7.58. The largest absolute Gasteiger partial charge is 0.481 e. The summed E-state index contributed by atoms with van der Waals surface area (Å²) in [7, 11) is 0. The van der Waals surface area contributed by atoms with E-state index in [1.54, 1.807) is 13.8 Å². The molecule has 4 rings (SSSR count). The quantitative estimate of drug-likeness (QED) is 0.269. The van der Waals surface area contributed by atoms with Crippen LogP contribution >= 0.6 is 0 Å². The third-order valence-corrected chi connectivity index (χ3v) is 8.64. The van der Waals surface area contributed by atoms with E-state index in [4.69, 9.17) is 14.2 Å². The van der Waals surface area contributed by atoms with Crippen LogP contribution in [0.3, 0.4) is 0 Å². The molecule has 2 saturated carbocycles. The van der Waals surface area contributed by atoms with E-state index >= 15 is 0 Å². The summed E-state index contributed by atoms with van der Waals surface area (Å²) in [6.07, 6.45) is -6.60. The van der Waals surface area contributed by atoms with Crippen LogP contribution in [0, 0.1) is 28.6 Å². The molecule has 12 heteroatoms. The van der Waals surface area contributed by atoms with Crippen LogP contribution in [0.4, 0.5) is 0 Å². The number of carbonyl (C=O) groups excluding carboxylic acids is 3. The summed E-state index contributed by atoms with van der Waals surface area (Å²) in [6.45, 7) is 5.53. The van der Waals surface area contributed by atoms with Crippen molar-refractivity contribution in [3.05, 3.63) is 11.6 Å². The normalized spacial score (nSPS) is 44.6. The molecule has 0 radical (unpaired) electrons. The Labute approximate surface area is 206 Å². The van der Waals surface area contributed by atoms with Gasteiger partial charge in [0.2, 0.25) is 11.7 Å². The van der Waals surface area contributed by atoms with E-state index in [-0.39, 0.29) is 6.42 Å². The molecule has 0 aromatic carbocycles. The van der Waals surface area contributed by atoms with Crippen molar-refractivity contribution < 1.29 is 58.6 Å². The van der Waals surface area contributed by atoms with Gasteiger partial charge in [-0.3, -0.25) is 9.59 Å². The topological polar surface area (TPSA) is 194 Å². The molecular formula is C24H30O12. The first-order chi connectivity index (χ1) is 16.6. The zero-order valence-corrected chi connectivity index (χ0v) is 20.3. The zero-order valence-electron chi connectivity index (χ0n) is 20.3. The summed E-state index contributed by atoms with van der Waals surface area (Å²) in [5.74, 6) is -9.14. The molecule has 36 heavy (non-hydrogen) atoms. The Morgan fingerprint density at radius 1 is 1.11 bits per heavy atom. The Morgan fingerprint density at radius 2 is 1.75 bits per heavy atom. The van der Waals surface area contributed by atoms with Crippen molar-refractivity contribution in [3.63, 3.8) is 0 Å². The number of esters is 2. The number of aliphatic hydroxyl groups excluding tert-OH is 2. The average Bonchev–Trinajstić information content (AvgIpc) is 3.04. The summed E-state index contributed by atoms with van der Waals surface area (Å²) in [5, 5.41) is 42.6. The van der Waals surface area contributed by atoms with Crippen LogP contribution in [0.2, 0.25) is 0 Å². The predicted molar refractivity (Wildman–Crippen MR) is 116 cm³/mol. The van der Waals surface area contributed by atoms with Crippen LogP contribution in [0.15, 0.2) is 11.6 Å². The molecule has 198 valence electrons. The van der Waals surface area contributed by atoms with E-state index in [9.17, 15) is 44.4 Å². The van der Waals surface area contributed by atoms with Crippen LogP contribution in [-0.2, 0) is 38.2 Å². The molecule has 2 heterocycles. The molecule has 2 saturated heterocycles. The Bertz CT molecular complexity index is 1060. The Balaban J connectivity index is 1.97. The number of carboxylic acid groups (broad SMARTS) is 2. The third-order valence-electron chi connectivity index (χ3n) is 8.64. The first kappa shape index (κ1) is 26.2. The number of hydrogen-bond acceptors (Lipinski definition) is 10.